The lowest BCUT2D eigenvalue weighted by Crippen LogP contribution is -2.41. The van der Waals surface area contributed by atoms with E-state index in [-0.39, 0.29) is 18.7 Å². The van der Waals surface area contributed by atoms with Crippen LogP contribution < -0.4 is 10.6 Å². The lowest BCUT2D eigenvalue weighted by atomic mass is 10.3. The summed E-state index contributed by atoms with van der Waals surface area (Å²) < 4.78 is 1.17. The first-order valence-electron chi connectivity index (χ1n) is 6.19. The van der Waals surface area contributed by atoms with Crippen molar-refractivity contribution in [2.45, 2.75) is 32.7 Å². The fourth-order valence-corrected chi connectivity index (χ4v) is 1.39. The minimum Gasteiger partial charge on any atom is -0.481 e. The van der Waals surface area contributed by atoms with E-state index in [0.717, 1.165) is 12.8 Å². The van der Waals surface area contributed by atoms with E-state index < -0.39 is 17.9 Å². The van der Waals surface area contributed by atoms with Crippen LogP contribution in [0.25, 0.3) is 0 Å². The smallest absolute Gasteiger partial charge is 0.321 e. The van der Waals surface area contributed by atoms with Crippen molar-refractivity contribution in [2.75, 3.05) is 6.54 Å². The highest BCUT2D eigenvalue weighted by atomic mass is 16.4. The number of rotatable bonds is 7. The highest BCUT2D eigenvalue weighted by Gasteiger charge is 2.10. The Morgan fingerprint density at radius 3 is 2.80 bits per heavy atom. The number of carboxylic acids is 1. The second-order valence-electron chi connectivity index (χ2n) is 4.14. The zero-order chi connectivity index (χ0) is 15.0. The molecule has 0 unspecified atom stereocenters. The van der Waals surface area contributed by atoms with E-state index in [2.05, 4.69) is 20.9 Å². The molecule has 0 aromatic carbocycles. The van der Waals surface area contributed by atoms with Crippen molar-refractivity contribution in [3.05, 3.63) is 11.9 Å². The number of hydrogen-bond acceptors (Lipinski definition) is 5. The van der Waals surface area contributed by atoms with Crippen LogP contribution >= 0.6 is 0 Å². The third kappa shape index (κ3) is 5.94. The van der Waals surface area contributed by atoms with Gasteiger partial charge in [-0.15, -0.1) is 5.10 Å². The number of carbonyl (C=O) groups excluding carboxylic acids is 2. The molecular weight excluding hydrogens is 266 g/mol. The monoisotopic (exact) mass is 283 g/mol. The number of carbonyl (C=O) groups is 3. The SMILES string of the molecule is CCCCNC(=O)NC(=O)Cn1cc(CC(=O)O)nn1. The van der Waals surface area contributed by atoms with Crippen LogP contribution in [0.1, 0.15) is 25.5 Å². The van der Waals surface area contributed by atoms with Crippen LogP contribution in [0.4, 0.5) is 4.79 Å². The molecule has 1 heterocycles. The van der Waals surface area contributed by atoms with Crippen LogP contribution in [0.3, 0.4) is 0 Å². The Morgan fingerprint density at radius 1 is 1.40 bits per heavy atom. The van der Waals surface area contributed by atoms with Crippen LogP contribution in [-0.2, 0) is 22.6 Å². The molecule has 1 aromatic heterocycles. The van der Waals surface area contributed by atoms with Gasteiger partial charge >= 0.3 is 12.0 Å². The standard InChI is InChI=1S/C11H17N5O4/c1-2-3-4-12-11(20)13-9(17)7-16-6-8(14-15-16)5-10(18)19/h6H,2-5,7H2,1H3,(H,18,19)(H2,12,13,17,20). The number of imide groups is 1. The molecule has 0 atom stereocenters. The topological polar surface area (TPSA) is 126 Å². The van der Waals surface area contributed by atoms with Gasteiger partial charge in [-0.05, 0) is 6.42 Å². The van der Waals surface area contributed by atoms with Crippen molar-refractivity contribution in [3.63, 3.8) is 0 Å². The number of hydrogen-bond donors (Lipinski definition) is 3. The summed E-state index contributed by atoms with van der Waals surface area (Å²) in [5, 5.41) is 20.5. The van der Waals surface area contributed by atoms with Crippen LogP contribution in [0, 0.1) is 0 Å². The number of unbranched alkanes of at least 4 members (excludes halogenated alkanes) is 1. The summed E-state index contributed by atoms with van der Waals surface area (Å²) >= 11 is 0. The van der Waals surface area contributed by atoms with Gasteiger partial charge in [0.2, 0.25) is 5.91 Å². The Hall–Kier alpha value is -2.45. The van der Waals surface area contributed by atoms with Crippen molar-refractivity contribution in [3.8, 4) is 0 Å². The Balaban J connectivity index is 2.36. The predicted molar refractivity (Wildman–Crippen MR) is 67.8 cm³/mol. The van der Waals surface area contributed by atoms with Crippen LogP contribution in [-0.4, -0.2) is 44.6 Å². The summed E-state index contributed by atoms with van der Waals surface area (Å²) in [4.78, 5) is 33.3. The number of nitrogens with zero attached hydrogens (tertiary/aromatic N) is 3. The minimum atomic E-state index is -1.03. The quantitative estimate of drug-likeness (QED) is 0.581. The number of urea groups is 1. The first-order valence-corrected chi connectivity index (χ1v) is 6.19. The van der Waals surface area contributed by atoms with Gasteiger partial charge in [-0.1, -0.05) is 18.6 Å². The minimum absolute atomic E-state index is 0.201. The molecule has 0 fully saturated rings. The first-order chi connectivity index (χ1) is 9.51. The molecule has 0 aliphatic carbocycles. The average molecular weight is 283 g/mol. The third-order valence-corrected chi connectivity index (χ3v) is 2.29. The van der Waals surface area contributed by atoms with Crippen molar-refractivity contribution in [1.29, 1.82) is 0 Å². The van der Waals surface area contributed by atoms with Crippen molar-refractivity contribution >= 4 is 17.9 Å². The zero-order valence-corrected chi connectivity index (χ0v) is 11.1. The highest BCUT2D eigenvalue weighted by molar-refractivity contribution is 5.94. The molecule has 0 aliphatic rings. The molecule has 20 heavy (non-hydrogen) atoms. The number of amides is 3. The van der Waals surface area contributed by atoms with Gasteiger partial charge in [-0.2, -0.15) is 0 Å². The lowest BCUT2D eigenvalue weighted by molar-refractivity contribution is -0.136. The van der Waals surface area contributed by atoms with E-state index in [0.29, 0.717) is 6.54 Å². The fraction of sp³-hybridized carbons (Fsp3) is 0.545. The number of nitrogens with one attached hydrogen (secondary N) is 2. The van der Waals surface area contributed by atoms with Gasteiger partial charge in [-0.3, -0.25) is 14.9 Å². The highest BCUT2D eigenvalue weighted by Crippen LogP contribution is 1.94. The van der Waals surface area contributed by atoms with E-state index >= 15 is 0 Å². The van der Waals surface area contributed by atoms with E-state index in [9.17, 15) is 14.4 Å². The Labute approximate surface area is 115 Å². The maximum atomic E-state index is 11.5. The summed E-state index contributed by atoms with van der Waals surface area (Å²) in [6, 6.07) is -0.561. The van der Waals surface area contributed by atoms with E-state index in [1.807, 2.05) is 6.92 Å². The maximum Gasteiger partial charge on any atom is 0.321 e. The molecule has 0 saturated heterocycles. The van der Waals surface area contributed by atoms with Crippen molar-refractivity contribution < 1.29 is 19.5 Å². The molecule has 0 bridgehead atoms. The predicted octanol–water partition coefficient (Wildman–Crippen LogP) is -0.469. The van der Waals surface area contributed by atoms with Gasteiger partial charge in [0, 0.05) is 12.7 Å². The molecule has 1 aromatic rings. The fourth-order valence-electron chi connectivity index (χ4n) is 1.39. The van der Waals surface area contributed by atoms with Crippen LogP contribution in [0.2, 0.25) is 0 Å². The van der Waals surface area contributed by atoms with Gasteiger partial charge in [0.1, 0.15) is 6.54 Å². The van der Waals surface area contributed by atoms with E-state index in [1.54, 1.807) is 0 Å². The maximum absolute atomic E-state index is 11.5. The second-order valence-corrected chi connectivity index (χ2v) is 4.14. The van der Waals surface area contributed by atoms with Gasteiger partial charge in [0.05, 0.1) is 12.1 Å². The Bertz CT molecular complexity index is 485. The number of aliphatic carboxylic acids is 1. The summed E-state index contributed by atoms with van der Waals surface area (Å²) in [6.07, 6.45) is 2.87. The summed E-state index contributed by atoms with van der Waals surface area (Å²) in [5.41, 5.74) is 0.248. The molecule has 3 N–H and O–H groups in total. The second kappa shape index (κ2) is 7.87. The van der Waals surface area contributed by atoms with Gasteiger partial charge < -0.3 is 10.4 Å². The molecule has 9 heteroatoms. The summed E-state index contributed by atoms with van der Waals surface area (Å²) in [5.74, 6) is -1.58. The molecule has 0 aliphatic heterocycles. The molecular formula is C11H17N5O4. The Kier molecular flexibility index (Phi) is 6.14. The largest absolute Gasteiger partial charge is 0.481 e. The molecule has 1 rings (SSSR count). The van der Waals surface area contributed by atoms with Crippen LogP contribution in [0.15, 0.2) is 6.20 Å². The zero-order valence-electron chi connectivity index (χ0n) is 11.1. The first kappa shape index (κ1) is 15.6. The van der Waals surface area contributed by atoms with Crippen LogP contribution in [0.5, 0.6) is 0 Å². The average Bonchev–Trinajstić information content (AvgIpc) is 2.75. The summed E-state index contributed by atoms with van der Waals surface area (Å²) in [7, 11) is 0. The number of carboxylic acid groups (broad SMARTS) is 1. The summed E-state index contributed by atoms with van der Waals surface area (Å²) in [6.45, 7) is 2.29. The normalized spacial score (nSPS) is 10.1. The molecule has 3 amide bonds. The van der Waals surface area contributed by atoms with Crippen molar-refractivity contribution in [2.24, 2.45) is 0 Å². The molecule has 0 spiro atoms. The lowest BCUT2D eigenvalue weighted by Gasteiger charge is -2.05. The Morgan fingerprint density at radius 2 is 2.15 bits per heavy atom. The van der Waals surface area contributed by atoms with E-state index in [1.165, 1.54) is 10.9 Å². The molecule has 110 valence electrons. The molecule has 0 saturated carbocycles. The van der Waals surface area contributed by atoms with Gasteiger partial charge in [0.25, 0.3) is 0 Å². The van der Waals surface area contributed by atoms with Crippen molar-refractivity contribution in [1.82, 2.24) is 25.6 Å². The molecule has 0 radical (unpaired) electrons. The van der Waals surface area contributed by atoms with Gasteiger partial charge in [0.15, 0.2) is 0 Å². The van der Waals surface area contributed by atoms with E-state index in [4.69, 9.17) is 5.11 Å². The third-order valence-electron chi connectivity index (χ3n) is 2.29. The number of aromatic nitrogens is 3. The van der Waals surface area contributed by atoms with Gasteiger partial charge in [-0.25, -0.2) is 9.48 Å². The molecule has 9 nitrogen and oxygen atoms in total.